The van der Waals surface area contributed by atoms with E-state index >= 15 is 0 Å². The topological polar surface area (TPSA) is 63.3 Å². The minimum Gasteiger partial charge on any atom is -0.497 e. The number of benzene rings is 2. The number of hydrogen-bond acceptors (Lipinski definition) is 3. The van der Waals surface area contributed by atoms with Crippen molar-refractivity contribution in [2.75, 3.05) is 14.2 Å². The fraction of sp³-hybridized carbons (Fsp3) is 0.250. The number of fused-ring (bicyclic) bond motifs is 3. The van der Waals surface area contributed by atoms with Crippen LogP contribution in [0.25, 0.3) is 10.9 Å². The Balaban J connectivity index is 1.54. The largest absolute Gasteiger partial charge is 0.497 e. The summed E-state index contributed by atoms with van der Waals surface area (Å²) >= 11 is 0. The maximum absolute atomic E-state index is 12.6. The molecule has 128 valence electrons. The Bertz CT molecular complexity index is 945. The first-order chi connectivity index (χ1) is 12.2. The van der Waals surface area contributed by atoms with Gasteiger partial charge in [-0.3, -0.25) is 4.79 Å². The van der Waals surface area contributed by atoms with Gasteiger partial charge >= 0.3 is 0 Å². The number of aromatic nitrogens is 1. The highest BCUT2D eigenvalue weighted by Crippen LogP contribution is 2.32. The van der Waals surface area contributed by atoms with Crippen molar-refractivity contribution in [2.45, 2.75) is 18.9 Å². The standard InChI is InChI=1S/C20H20N2O3/c1-24-13-7-8-17-16(11-13)15-9-12(10-18(15)22-17)21-20(23)14-5-3-4-6-19(14)25-2/h3-8,11-12,22H,9-10H2,1-2H3,(H,21,23). The predicted octanol–water partition coefficient (Wildman–Crippen LogP) is 3.08. The number of ether oxygens (including phenoxy) is 2. The number of carbonyl (C=O) groups excluding carboxylic acids is 1. The van der Waals surface area contributed by atoms with E-state index in [9.17, 15) is 4.79 Å². The number of aromatic amines is 1. The minimum absolute atomic E-state index is 0.0780. The third-order valence-corrected chi connectivity index (χ3v) is 4.79. The van der Waals surface area contributed by atoms with E-state index in [0.29, 0.717) is 11.3 Å². The van der Waals surface area contributed by atoms with Crippen LogP contribution >= 0.6 is 0 Å². The molecular weight excluding hydrogens is 316 g/mol. The molecule has 4 rings (SSSR count). The zero-order chi connectivity index (χ0) is 17.4. The first-order valence-corrected chi connectivity index (χ1v) is 8.31. The fourth-order valence-electron chi connectivity index (χ4n) is 3.58. The second-order valence-corrected chi connectivity index (χ2v) is 6.27. The molecule has 1 atom stereocenters. The zero-order valence-electron chi connectivity index (χ0n) is 14.3. The second-order valence-electron chi connectivity index (χ2n) is 6.27. The van der Waals surface area contributed by atoms with E-state index in [2.05, 4.69) is 16.4 Å². The summed E-state index contributed by atoms with van der Waals surface area (Å²) in [5.74, 6) is 1.33. The van der Waals surface area contributed by atoms with Crippen LogP contribution in [-0.2, 0) is 12.8 Å². The molecule has 1 unspecified atom stereocenters. The molecule has 2 aromatic carbocycles. The lowest BCUT2D eigenvalue weighted by Gasteiger charge is -2.14. The molecule has 0 saturated heterocycles. The molecule has 2 N–H and O–H groups in total. The van der Waals surface area contributed by atoms with Gasteiger partial charge in [0.2, 0.25) is 0 Å². The molecule has 0 spiro atoms. The first kappa shape index (κ1) is 15.6. The van der Waals surface area contributed by atoms with Crippen molar-refractivity contribution in [3.63, 3.8) is 0 Å². The Morgan fingerprint density at radius 1 is 1.12 bits per heavy atom. The highest BCUT2D eigenvalue weighted by atomic mass is 16.5. The average Bonchev–Trinajstić information content (AvgIpc) is 3.18. The lowest BCUT2D eigenvalue weighted by Crippen LogP contribution is -2.35. The Hall–Kier alpha value is -2.95. The van der Waals surface area contributed by atoms with E-state index in [0.717, 1.165) is 24.1 Å². The summed E-state index contributed by atoms with van der Waals surface area (Å²) < 4.78 is 10.6. The van der Waals surface area contributed by atoms with Crippen LogP contribution in [0.15, 0.2) is 42.5 Å². The molecule has 0 fully saturated rings. The van der Waals surface area contributed by atoms with Crippen LogP contribution in [0.3, 0.4) is 0 Å². The van der Waals surface area contributed by atoms with Crippen LogP contribution < -0.4 is 14.8 Å². The summed E-state index contributed by atoms with van der Waals surface area (Å²) in [5.41, 5.74) is 4.13. The van der Waals surface area contributed by atoms with Gasteiger partial charge in [0.15, 0.2) is 0 Å². The Labute approximate surface area is 146 Å². The van der Waals surface area contributed by atoms with Crippen molar-refractivity contribution in [1.82, 2.24) is 10.3 Å². The number of rotatable bonds is 4. The van der Waals surface area contributed by atoms with Crippen molar-refractivity contribution < 1.29 is 14.3 Å². The number of H-pyrrole nitrogens is 1. The lowest BCUT2D eigenvalue weighted by molar-refractivity contribution is 0.0935. The predicted molar refractivity (Wildman–Crippen MR) is 96.5 cm³/mol. The second kappa shape index (κ2) is 6.16. The van der Waals surface area contributed by atoms with Gasteiger partial charge in [-0.1, -0.05) is 12.1 Å². The van der Waals surface area contributed by atoms with Gasteiger partial charge in [-0.2, -0.15) is 0 Å². The molecule has 1 aromatic heterocycles. The monoisotopic (exact) mass is 336 g/mol. The number of carbonyl (C=O) groups is 1. The minimum atomic E-state index is -0.102. The van der Waals surface area contributed by atoms with Crippen molar-refractivity contribution in [3.05, 3.63) is 59.3 Å². The lowest BCUT2D eigenvalue weighted by atomic mass is 10.1. The van der Waals surface area contributed by atoms with Crippen LogP contribution in [0.1, 0.15) is 21.6 Å². The summed E-state index contributed by atoms with van der Waals surface area (Å²) in [6.07, 6.45) is 1.61. The fourth-order valence-corrected chi connectivity index (χ4v) is 3.58. The number of hydrogen-bond donors (Lipinski definition) is 2. The SMILES string of the molecule is COc1ccc2[nH]c3c(c2c1)CC(NC(=O)c1ccccc1OC)C3. The molecule has 0 bridgehead atoms. The van der Waals surface area contributed by atoms with Gasteiger partial charge in [-0.05, 0) is 42.3 Å². The maximum atomic E-state index is 12.6. The van der Waals surface area contributed by atoms with E-state index in [1.807, 2.05) is 24.3 Å². The first-order valence-electron chi connectivity index (χ1n) is 8.31. The summed E-state index contributed by atoms with van der Waals surface area (Å²) in [5, 5.41) is 4.30. The summed E-state index contributed by atoms with van der Waals surface area (Å²) in [6.45, 7) is 0. The van der Waals surface area contributed by atoms with Gasteiger partial charge in [0.05, 0.1) is 19.8 Å². The van der Waals surface area contributed by atoms with Gasteiger partial charge in [-0.15, -0.1) is 0 Å². The quantitative estimate of drug-likeness (QED) is 0.769. The Kier molecular flexibility index (Phi) is 3.84. The van der Waals surface area contributed by atoms with Gasteiger partial charge in [0, 0.05) is 29.1 Å². The highest BCUT2D eigenvalue weighted by molar-refractivity contribution is 5.97. The zero-order valence-corrected chi connectivity index (χ0v) is 14.3. The molecule has 0 radical (unpaired) electrons. The smallest absolute Gasteiger partial charge is 0.255 e. The molecular formula is C20H20N2O3. The molecule has 3 aromatic rings. The van der Waals surface area contributed by atoms with Gasteiger partial charge in [0.25, 0.3) is 5.91 Å². The Morgan fingerprint density at radius 3 is 2.76 bits per heavy atom. The molecule has 25 heavy (non-hydrogen) atoms. The number of methoxy groups -OCH3 is 2. The van der Waals surface area contributed by atoms with E-state index in [1.165, 1.54) is 16.6 Å². The van der Waals surface area contributed by atoms with Gasteiger partial charge in [-0.25, -0.2) is 0 Å². The highest BCUT2D eigenvalue weighted by Gasteiger charge is 2.27. The molecule has 0 saturated carbocycles. The summed E-state index contributed by atoms with van der Waals surface area (Å²) in [7, 11) is 3.25. The molecule has 5 heteroatoms. The summed E-state index contributed by atoms with van der Waals surface area (Å²) in [4.78, 5) is 16.1. The molecule has 1 aliphatic rings. The van der Waals surface area contributed by atoms with Crippen LogP contribution in [0.4, 0.5) is 0 Å². The van der Waals surface area contributed by atoms with E-state index in [4.69, 9.17) is 9.47 Å². The average molecular weight is 336 g/mol. The third kappa shape index (κ3) is 2.71. The van der Waals surface area contributed by atoms with Crippen LogP contribution in [-0.4, -0.2) is 31.2 Å². The van der Waals surface area contributed by atoms with Crippen molar-refractivity contribution >= 4 is 16.8 Å². The van der Waals surface area contributed by atoms with Crippen LogP contribution in [0, 0.1) is 0 Å². The summed E-state index contributed by atoms with van der Waals surface area (Å²) in [6, 6.07) is 13.4. The Morgan fingerprint density at radius 2 is 1.96 bits per heavy atom. The normalized spacial score (nSPS) is 15.8. The van der Waals surface area contributed by atoms with Crippen LogP contribution in [0.5, 0.6) is 11.5 Å². The van der Waals surface area contributed by atoms with E-state index in [-0.39, 0.29) is 11.9 Å². The maximum Gasteiger partial charge on any atom is 0.255 e. The van der Waals surface area contributed by atoms with Gasteiger partial charge in [0.1, 0.15) is 11.5 Å². The number of para-hydroxylation sites is 1. The number of nitrogens with one attached hydrogen (secondary N) is 2. The molecule has 1 amide bonds. The van der Waals surface area contributed by atoms with Crippen molar-refractivity contribution in [2.24, 2.45) is 0 Å². The van der Waals surface area contributed by atoms with Crippen LogP contribution in [0.2, 0.25) is 0 Å². The molecule has 5 nitrogen and oxygen atoms in total. The number of amides is 1. The molecule has 1 aliphatic carbocycles. The third-order valence-electron chi connectivity index (χ3n) is 4.79. The molecule has 1 heterocycles. The van der Waals surface area contributed by atoms with E-state index in [1.54, 1.807) is 26.4 Å². The van der Waals surface area contributed by atoms with Crippen molar-refractivity contribution in [1.29, 1.82) is 0 Å². The van der Waals surface area contributed by atoms with Crippen molar-refractivity contribution in [3.8, 4) is 11.5 Å². The molecule has 0 aliphatic heterocycles. The van der Waals surface area contributed by atoms with E-state index < -0.39 is 0 Å². The van der Waals surface area contributed by atoms with Gasteiger partial charge < -0.3 is 19.8 Å².